The Morgan fingerprint density at radius 3 is 2.78 bits per heavy atom. The van der Waals surface area contributed by atoms with E-state index >= 15 is 0 Å². The number of nitrogens with zero attached hydrogens (tertiary/aromatic N) is 1. The van der Waals surface area contributed by atoms with Crippen LogP contribution >= 0.6 is 15.9 Å². The van der Waals surface area contributed by atoms with E-state index in [0.717, 1.165) is 69.2 Å². The summed E-state index contributed by atoms with van der Waals surface area (Å²) in [6.07, 6.45) is 3.23. The molecule has 0 aliphatic carbocycles. The molecule has 27 heavy (non-hydrogen) atoms. The van der Waals surface area contributed by atoms with E-state index in [4.69, 9.17) is 9.47 Å². The summed E-state index contributed by atoms with van der Waals surface area (Å²) in [5.74, 6) is 1.50. The van der Waals surface area contributed by atoms with E-state index in [9.17, 15) is 0 Å². The molecule has 0 atom stereocenters. The van der Waals surface area contributed by atoms with Gasteiger partial charge in [-0.1, -0.05) is 41.9 Å². The SMILES string of the molecule is CN=C(NCCCOCC1CCOCC1)NCC(C)(C)c1cccc(Br)c1. The molecule has 5 nitrogen and oxygen atoms in total. The zero-order chi connectivity index (χ0) is 19.5. The molecule has 0 aromatic heterocycles. The zero-order valence-electron chi connectivity index (χ0n) is 16.9. The van der Waals surface area contributed by atoms with Gasteiger partial charge >= 0.3 is 0 Å². The molecule has 0 spiro atoms. The third kappa shape index (κ3) is 8.20. The number of ether oxygens (including phenoxy) is 2. The van der Waals surface area contributed by atoms with E-state index in [1.54, 1.807) is 0 Å². The number of hydrogen-bond donors (Lipinski definition) is 2. The quantitative estimate of drug-likeness (QED) is 0.349. The van der Waals surface area contributed by atoms with Gasteiger partial charge in [-0.05, 0) is 42.9 Å². The van der Waals surface area contributed by atoms with Crippen molar-refractivity contribution in [2.75, 3.05) is 46.6 Å². The number of nitrogens with one attached hydrogen (secondary N) is 2. The van der Waals surface area contributed by atoms with Gasteiger partial charge in [0.05, 0.1) is 0 Å². The second-order valence-electron chi connectivity index (χ2n) is 7.73. The Morgan fingerprint density at radius 2 is 2.07 bits per heavy atom. The number of halogens is 1. The highest BCUT2D eigenvalue weighted by molar-refractivity contribution is 9.10. The molecule has 1 saturated heterocycles. The van der Waals surface area contributed by atoms with Gasteiger partial charge in [-0.2, -0.15) is 0 Å². The molecule has 2 rings (SSSR count). The number of guanidine groups is 1. The van der Waals surface area contributed by atoms with Crippen LogP contribution < -0.4 is 10.6 Å². The zero-order valence-corrected chi connectivity index (χ0v) is 18.5. The molecule has 0 radical (unpaired) electrons. The van der Waals surface area contributed by atoms with Crippen molar-refractivity contribution in [2.45, 2.75) is 38.5 Å². The summed E-state index contributed by atoms with van der Waals surface area (Å²) in [4.78, 5) is 4.32. The van der Waals surface area contributed by atoms with Crippen molar-refractivity contribution in [3.63, 3.8) is 0 Å². The predicted molar refractivity (Wildman–Crippen MR) is 116 cm³/mol. The van der Waals surface area contributed by atoms with Crippen LogP contribution in [0.4, 0.5) is 0 Å². The van der Waals surface area contributed by atoms with Crippen molar-refractivity contribution in [3.8, 4) is 0 Å². The first-order valence-corrected chi connectivity index (χ1v) is 10.7. The average molecular weight is 440 g/mol. The smallest absolute Gasteiger partial charge is 0.191 e. The molecule has 1 heterocycles. The molecule has 6 heteroatoms. The van der Waals surface area contributed by atoms with Crippen LogP contribution in [-0.4, -0.2) is 52.5 Å². The van der Waals surface area contributed by atoms with Crippen LogP contribution in [0.15, 0.2) is 33.7 Å². The Morgan fingerprint density at radius 1 is 1.30 bits per heavy atom. The Balaban J connectivity index is 1.62. The number of hydrogen-bond acceptors (Lipinski definition) is 3. The maximum absolute atomic E-state index is 5.81. The average Bonchev–Trinajstić information content (AvgIpc) is 2.67. The molecular weight excluding hydrogens is 406 g/mol. The monoisotopic (exact) mass is 439 g/mol. The van der Waals surface area contributed by atoms with Gasteiger partial charge in [0, 0.05) is 56.5 Å². The minimum absolute atomic E-state index is 0.00816. The van der Waals surface area contributed by atoms with Crippen LogP contribution in [0, 0.1) is 5.92 Å². The van der Waals surface area contributed by atoms with Gasteiger partial charge in [0.1, 0.15) is 0 Å². The largest absolute Gasteiger partial charge is 0.381 e. The van der Waals surface area contributed by atoms with Gasteiger partial charge in [-0.25, -0.2) is 0 Å². The van der Waals surface area contributed by atoms with Crippen LogP contribution in [-0.2, 0) is 14.9 Å². The molecule has 0 unspecified atom stereocenters. The van der Waals surface area contributed by atoms with Gasteiger partial charge in [0.15, 0.2) is 5.96 Å². The third-order valence-corrected chi connectivity index (χ3v) is 5.47. The van der Waals surface area contributed by atoms with E-state index in [1.807, 2.05) is 7.05 Å². The second kappa shape index (κ2) is 11.7. The Hall–Kier alpha value is -1.11. The van der Waals surface area contributed by atoms with Gasteiger partial charge in [0.25, 0.3) is 0 Å². The van der Waals surface area contributed by atoms with E-state index in [-0.39, 0.29) is 5.41 Å². The normalized spacial score (nSPS) is 16.4. The summed E-state index contributed by atoms with van der Waals surface area (Å²) in [7, 11) is 1.81. The summed E-state index contributed by atoms with van der Waals surface area (Å²) in [6.45, 7) is 9.54. The fourth-order valence-corrected chi connectivity index (χ4v) is 3.48. The van der Waals surface area contributed by atoms with Gasteiger partial charge in [0.2, 0.25) is 0 Å². The standard InChI is InChI=1S/C21H34BrN3O2/c1-21(2,18-6-4-7-19(22)14-18)16-25-20(23-3)24-10-5-11-27-15-17-8-12-26-13-9-17/h4,6-7,14,17H,5,8-13,15-16H2,1-3H3,(H2,23,24,25). The molecule has 1 aliphatic heterocycles. The van der Waals surface area contributed by atoms with Crippen LogP contribution in [0.2, 0.25) is 0 Å². The maximum Gasteiger partial charge on any atom is 0.191 e. The maximum atomic E-state index is 5.81. The fraction of sp³-hybridized carbons (Fsp3) is 0.667. The molecule has 1 aromatic carbocycles. The lowest BCUT2D eigenvalue weighted by Gasteiger charge is -2.27. The first kappa shape index (κ1) is 22.2. The lowest BCUT2D eigenvalue weighted by molar-refractivity contribution is 0.0203. The van der Waals surface area contributed by atoms with E-state index in [1.165, 1.54) is 5.56 Å². The molecule has 1 aromatic rings. The van der Waals surface area contributed by atoms with Crippen molar-refractivity contribution in [1.82, 2.24) is 10.6 Å². The molecule has 1 fully saturated rings. The van der Waals surface area contributed by atoms with E-state index in [0.29, 0.717) is 5.92 Å². The first-order chi connectivity index (χ1) is 13.0. The molecule has 0 amide bonds. The number of rotatable bonds is 9. The van der Waals surface area contributed by atoms with Crippen LogP contribution in [0.1, 0.15) is 38.7 Å². The molecule has 1 aliphatic rings. The summed E-state index contributed by atoms with van der Waals surface area (Å²) in [5.41, 5.74) is 1.30. The van der Waals surface area contributed by atoms with Crippen molar-refractivity contribution < 1.29 is 9.47 Å². The minimum Gasteiger partial charge on any atom is -0.381 e. The Kier molecular flexibility index (Phi) is 9.59. The van der Waals surface area contributed by atoms with Gasteiger partial charge in [-0.3, -0.25) is 4.99 Å². The van der Waals surface area contributed by atoms with Crippen molar-refractivity contribution >= 4 is 21.9 Å². The number of aliphatic imine (C=N–C) groups is 1. The van der Waals surface area contributed by atoms with Crippen LogP contribution in [0.5, 0.6) is 0 Å². The Bertz CT molecular complexity index is 587. The lowest BCUT2D eigenvalue weighted by atomic mass is 9.85. The molecule has 152 valence electrons. The van der Waals surface area contributed by atoms with Crippen LogP contribution in [0.25, 0.3) is 0 Å². The summed E-state index contributed by atoms with van der Waals surface area (Å²) >= 11 is 3.55. The fourth-order valence-electron chi connectivity index (χ4n) is 3.08. The first-order valence-electron chi connectivity index (χ1n) is 9.87. The highest BCUT2D eigenvalue weighted by atomic mass is 79.9. The molecule has 0 saturated carbocycles. The summed E-state index contributed by atoms with van der Waals surface area (Å²) in [6, 6.07) is 8.47. The lowest BCUT2D eigenvalue weighted by Crippen LogP contribution is -2.43. The second-order valence-corrected chi connectivity index (χ2v) is 8.65. The van der Waals surface area contributed by atoms with Gasteiger partial charge in [-0.15, -0.1) is 0 Å². The highest BCUT2D eigenvalue weighted by Gasteiger charge is 2.21. The van der Waals surface area contributed by atoms with Crippen molar-refractivity contribution in [3.05, 3.63) is 34.3 Å². The summed E-state index contributed by atoms with van der Waals surface area (Å²) < 4.78 is 12.3. The highest BCUT2D eigenvalue weighted by Crippen LogP contribution is 2.25. The van der Waals surface area contributed by atoms with Crippen LogP contribution in [0.3, 0.4) is 0 Å². The third-order valence-electron chi connectivity index (χ3n) is 4.98. The van der Waals surface area contributed by atoms with E-state index in [2.05, 4.69) is 69.7 Å². The molecular formula is C21H34BrN3O2. The predicted octanol–water partition coefficient (Wildman–Crippen LogP) is 3.73. The number of benzene rings is 1. The van der Waals surface area contributed by atoms with Crippen molar-refractivity contribution in [2.24, 2.45) is 10.9 Å². The van der Waals surface area contributed by atoms with Crippen molar-refractivity contribution in [1.29, 1.82) is 0 Å². The molecule has 2 N–H and O–H groups in total. The molecule has 0 bridgehead atoms. The van der Waals surface area contributed by atoms with E-state index < -0.39 is 0 Å². The minimum atomic E-state index is 0.00816. The Labute approximate surface area is 172 Å². The van der Waals surface area contributed by atoms with Gasteiger partial charge < -0.3 is 20.1 Å². The topological polar surface area (TPSA) is 54.9 Å². The summed E-state index contributed by atoms with van der Waals surface area (Å²) in [5, 5.41) is 6.81.